The average molecular weight is 431 g/mol. The molecule has 3 aromatic rings. The molecule has 1 aliphatic rings. The fourth-order valence-corrected chi connectivity index (χ4v) is 4.20. The van der Waals surface area contributed by atoms with Gasteiger partial charge in [0.25, 0.3) is 11.7 Å². The van der Waals surface area contributed by atoms with Crippen molar-refractivity contribution in [3.8, 4) is 5.75 Å². The Bertz CT molecular complexity index is 1180. The number of benzene rings is 3. The van der Waals surface area contributed by atoms with Gasteiger partial charge < -0.3 is 19.5 Å². The molecule has 6 heteroatoms. The van der Waals surface area contributed by atoms with Gasteiger partial charge in [-0.05, 0) is 34.9 Å². The number of Topliss-reactive ketones (excluding diaryl/α,β-unsaturated/α-hetero) is 1. The lowest BCUT2D eigenvalue weighted by molar-refractivity contribution is -0.140. The van der Waals surface area contributed by atoms with Crippen molar-refractivity contribution >= 4 is 28.2 Å². The van der Waals surface area contributed by atoms with Gasteiger partial charge >= 0.3 is 0 Å². The topological polar surface area (TPSA) is 76.1 Å². The Labute approximate surface area is 186 Å². The van der Waals surface area contributed by atoms with Crippen LogP contribution in [0.25, 0.3) is 16.5 Å². The number of hydrogen-bond acceptors (Lipinski definition) is 5. The molecule has 164 valence electrons. The minimum atomic E-state index is -0.697. The van der Waals surface area contributed by atoms with Gasteiger partial charge in [0.1, 0.15) is 11.5 Å². The number of carbonyl (C=O) groups is 2. The highest BCUT2D eigenvalue weighted by atomic mass is 16.5. The Morgan fingerprint density at radius 3 is 2.41 bits per heavy atom. The number of amides is 1. The van der Waals surface area contributed by atoms with E-state index in [1.165, 1.54) is 4.90 Å². The van der Waals surface area contributed by atoms with Gasteiger partial charge in [0, 0.05) is 25.8 Å². The first kappa shape index (κ1) is 21.6. The molecule has 1 unspecified atom stereocenters. The number of aliphatic hydroxyl groups excluding tert-OH is 1. The molecule has 0 radical (unpaired) electrons. The summed E-state index contributed by atoms with van der Waals surface area (Å²) in [5.41, 5.74) is 1.34. The lowest BCUT2D eigenvalue weighted by atomic mass is 9.93. The second kappa shape index (κ2) is 9.24. The van der Waals surface area contributed by atoms with E-state index >= 15 is 0 Å². The third-order valence-corrected chi connectivity index (χ3v) is 5.76. The van der Waals surface area contributed by atoms with Crippen molar-refractivity contribution in [3.63, 3.8) is 0 Å². The minimum Gasteiger partial charge on any atom is -0.507 e. The van der Waals surface area contributed by atoms with Gasteiger partial charge in [-0.3, -0.25) is 9.59 Å². The highest BCUT2D eigenvalue weighted by molar-refractivity contribution is 6.46. The van der Waals surface area contributed by atoms with Crippen molar-refractivity contribution < 1.29 is 24.2 Å². The van der Waals surface area contributed by atoms with Gasteiger partial charge in [-0.2, -0.15) is 0 Å². The average Bonchev–Trinajstić information content (AvgIpc) is 3.08. The van der Waals surface area contributed by atoms with Crippen molar-refractivity contribution in [2.75, 3.05) is 27.4 Å². The predicted octanol–water partition coefficient (Wildman–Crippen LogP) is 4.31. The van der Waals surface area contributed by atoms with E-state index in [0.717, 1.165) is 16.3 Å². The molecule has 0 aliphatic carbocycles. The van der Waals surface area contributed by atoms with Crippen molar-refractivity contribution in [2.45, 2.75) is 12.5 Å². The number of ketones is 1. The lowest BCUT2D eigenvalue weighted by Gasteiger charge is -2.25. The predicted molar refractivity (Wildman–Crippen MR) is 122 cm³/mol. The molecule has 32 heavy (non-hydrogen) atoms. The first-order valence-corrected chi connectivity index (χ1v) is 10.5. The summed E-state index contributed by atoms with van der Waals surface area (Å²) < 4.78 is 10.4. The summed E-state index contributed by atoms with van der Waals surface area (Å²) in [7, 11) is 3.17. The maximum Gasteiger partial charge on any atom is 0.295 e. The lowest BCUT2D eigenvalue weighted by Crippen LogP contribution is -2.31. The highest BCUT2D eigenvalue weighted by Crippen LogP contribution is 2.40. The van der Waals surface area contributed by atoms with E-state index in [0.29, 0.717) is 30.9 Å². The molecule has 1 aliphatic heterocycles. The van der Waals surface area contributed by atoms with Crippen LogP contribution in [-0.4, -0.2) is 49.1 Å². The number of ether oxygens (including phenoxy) is 2. The normalized spacial score (nSPS) is 17.8. The van der Waals surface area contributed by atoms with Gasteiger partial charge in [0.15, 0.2) is 0 Å². The summed E-state index contributed by atoms with van der Waals surface area (Å²) in [6.07, 6.45) is 0.574. The summed E-state index contributed by atoms with van der Waals surface area (Å²) in [6, 6.07) is 19.7. The van der Waals surface area contributed by atoms with Crippen LogP contribution in [0.5, 0.6) is 5.75 Å². The van der Waals surface area contributed by atoms with Gasteiger partial charge in [0.2, 0.25) is 0 Å². The van der Waals surface area contributed by atoms with Crippen LogP contribution in [0.3, 0.4) is 0 Å². The molecule has 0 aromatic heterocycles. The number of nitrogens with zero attached hydrogens (tertiary/aromatic N) is 1. The van der Waals surface area contributed by atoms with E-state index in [9.17, 15) is 14.7 Å². The monoisotopic (exact) mass is 431 g/mol. The largest absolute Gasteiger partial charge is 0.507 e. The van der Waals surface area contributed by atoms with E-state index in [1.807, 2.05) is 48.5 Å². The molecule has 1 N–H and O–H groups in total. The number of fused-ring (bicyclic) bond motifs is 1. The summed E-state index contributed by atoms with van der Waals surface area (Å²) in [4.78, 5) is 27.6. The number of hydrogen-bond donors (Lipinski definition) is 1. The Morgan fingerprint density at radius 2 is 1.69 bits per heavy atom. The third-order valence-electron chi connectivity index (χ3n) is 5.76. The molecule has 1 atom stereocenters. The molecule has 1 heterocycles. The summed E-state index contributed by atoms with van der Waals surface area (Å²) in [5, 5.41) is 13.1. The van der Waals surface area contributed by atoms with Crippen LogP contribution < -0.4 is 4.74 Å². The summed E-state index contributed by atoms with van der Waals surface area (Å²) in [5.74, 6) is -0.813. The van der Waals surface area contributed by atoms with Gasteiger partial charge in [-0.1, -0.05) is 54.6 Å². The molecule has 3 aromatic carbocycles. The van der Waals surface area contributed by atoms with Crippen molar-refractivity contribution in [3.05, 3.63) is 83.4 Å². The Morgan fingerprint density at radius 1 is 0.969 bits per heavy atom. The smallest absolute Gasteiger partial charge is 0.295 e. The van der Waals surface area contributed by atoms with Crippen LogP contribution in [0, 0.1) is 0 Å². The SMILES string of the molecule is COCCCN1C(=O)C(=O)/C(=C(\O)c2cccc3ccccc23)C1c1ccc(OC)cc1. The van der Waals surface area contributed by atoms with E-state index in [2.05, 4.69) is 0 Å². The fourth-order valence-electron chi connectivity index (χ4n) is 4.20. The van der Waals surface area contributed by atoms with Crippen molar-refractivity contribution in [1.29, 1.82) is 0 Å². The molecule has 1 fully saturated rings. The molecule has 4 rings (SSSR count). The van der Waals surface area contributed by atoms with E-state index < -0.39 is 17.7 Å². The van der Waals surface area contributed by atoms with E-state index in [1.54, 1.807) is 32.4 Å². The van der Waals surface area contributed by atoms with Gasteiger partial charge in [-0.15, -0.1) is 0 Å². The second-order valence-corrected chi connectivity index (χ2v) is 7.64. The maximum absolute atomic E-state index is 13.1. The van der Waals surface area contributed by atoms with Gasteiger partial charge in [-0.25, -0.2) is 0 Å². The zero-order chi connectivity index (χ0) is 22.7. The minimum absolute atomic E-state index is 0.0916. The Hall–Kier alpha value is -3.64. The molecule has 1 saturated heterocycles. The van der Waals surface area contributed by atoms with Crippen LogP contribution in [0.15, 0.2) is 72.3 Å². The molecule has 6 nitrogen and oxygen atoms in total. The van der Waals surface area contributed by atoms with Crippen LogP contribution in [0.4, 0.5) is 0 Å². The molecule has 0 bridgehead atoms. The number of rotatable bonds is 7. The number of likely N-dealkylation sites (tertiary alicyclic amines) is 1. The van der Waals surface area contributed by atoms with Crippen LogP contribution in [0.1, 0.15) is 23.6 Å². The fraction of sp³-hybridized carbons (Fsp3) is 0.231. The first-order chi connectivity index (χ1) is 15.6. The number of aliphatic hydroxyl groups is 1. The van der Waals surface area contributed by atoms with Crippen LogP contribution >= 0.6 is 0 Å². The summed E-state index contributed by atoms with van der Waals surface area (Å²) >= 11 is 0. The first-order valence-electron chi connectivity index (χ1n) is 10.5. The molecular formula is C26H25NO5. The number of carbonyl (C=O) groups excluding carboxylic acids is 2. The molecule has 0 spiro atoms. The molecule has 0 saturated carbocycles. The zero-order valence-corrected chi connectivity index (χ0v) is 18.1. The second-order valence-electron chi connectivity index (χ2n) is 7.64. The maximum atomic E-state index is 13.1. The zero-order valence-electron chi connectivity index (χ0n) is 18.1. The van der Waals surface area contributed by atoms with Crippen molar-refractivity contribution in [1.82, 2.24) is 4.90 Å². The third kappa shape index (κ3) is 3.85. The summed E-state index contributed by atoms with van der Waals surface area (Å²) in [6.45, 7) is 0.795. The van der Waals surface area contributed by atoms with Crippen LogP contribution in [-0.2, 0) is 14.3 Å². The Kier molecular flexibility index (Phi) is 6.23. The van der Waals surface area contributed by atoms with Gasteiger partial charge in [0.05, 0.1) is 18.7 Å². The number of methoxy groups -OCH3 is 2. The molecular weight excluding hydrogens is 406 g/mol. The van der Waals surface area contributed by atoms with E-state index in [4.69, 9.17) is 9.47 Å². The van der Waals surface area contributed by atoms with Crippen LogP contribution in [0.2, 0.25) is 0 Å². The Balaban J connectivity index is 1.88. The van der Waals surface area contributed by atoms with Crippen molar-refractivity contribution in [2.24, 2.45) is 0 Å². The molecule has 1 amide bonds. The standard InChI is InChI=1S/C26H25NO5/c1-31-16-6-15-27-23(18-11-13-19(32-2)14-12-18)22(25(29)26(27)30)24(28)21-10-5-8-17-7-3-4-9-20(17)21/h3-5,7-14,23,28H,6,15-16H2,1-2H3/b24-22-. The quantitative estimate of drug-likeness (QED) is 0.261. The van der Waals surface area contributed by atoms with E-state index in [-0.39, 0.29) is 11.3 Å². The highest BCUT2D eigenvalue weighted by Gasteiger charge is 2.45.